The molecule has 0 bridgehead atoms. The molecule has 1 aromatic carbocycles. The number of fused-ring (bicyclic) bond motifs is 2. The quantitative estimate of drug-likeness (QED) is 0.565. The number of carbonyl (C=O) groups is 1. The van der Waals surface area contributed by atoms with Gasteiger partial charge in [-0.1, -0.05) is 0 Å². The second-order valence-electron chi connectivity index (χ2n) is 7.44. The number of hydrogen-bond donors (Lipinski definition) is 3. The fourth-order valence-electron chi connectivity index (χ4n) is 4.09. The summed E-state index contributed by atoms with van der Waals surface area (Å²) in [5.74, 6) is 1.17. The number of H-pyrrole nitrogens is 2. The van der Waals surface area contributed by atoms with Gasteiger partial charge in [0, 0.05) is 23.7 Å². The molecular formula is C21H24N4O5. The van der Waals surface area contributed by atoms with Crippen LogP contribution in [-0.2, 0) is 17.6 Å². The number of benzene rings is 1. The number of amides is 1. The molecule has 2 aromatic heterocycles. The van der Waals surface area contributed by atoms with Crippen LogP contribution in [-0.4, -0.2) is 34.7 Å². The number of aromatic amines is 2. The molecule has 1 amide bonds. The zero-order valence-electron chi connectivity index (χ0n) is 17.1. The minimum Gasteiger partial charge on any atom is -0.493 e. The van der Waals surface area contributed by atoms with Crippen molar-refractivity contribution in [2.75, 3.05) is 14.2 Å². The van der Waals surface area contributed by atoms with Gasteiger partial charge in [0.15, 0.2) is 11.5 Å². The van der Waals surface area contributed by atoms with Gasteiger partial charge >= 0.3 is 0 Å². The molecular weight excluding hydrogens is 388 g/mol. The second-order valence-corrected chi connectivity index (χ2v) is 7.44. The Labute approximate surface area is 172 Å². The predicted octanol–water partition coefficient (Wildman–Crippen LogP) is 1.38. The van der Waals surface area contributed by atoms with E-state index in [2.05, 4.69) is 15.4 Å². The van der Waals surface area contributed by atoms with Gasteiger partial charge in [-0.05, 0) is 49.4 Å². The summed E-state index contributed by atoms with van der Waals surface area (Å²) in [5, 5.41) is 5.53. The smallest absolute Gasteiger partial charge is 0.276 e. The first kappa shape index (κ1) is 19.8. The van der Waals surface area contributed by atoms with Gasteiger partial charge in [-0.15, -0.1) is 0 Å². The van der Waals surface area contributed by atoms with Crippen LogP contribution in [0.1, 0.15) is 41.3 Å². The summed E-state index contributed by atoms with van der Waals surface area (Å²) in [5.41, 5.74) is 3.01. The van der Waals surface area contributed by atoms with E-state index in [0.717, 1.165) is 24.0 Å². The topological polar surface area (TPSA) is 118 Å². The molecule has 0 saturated heterocycles. The normalized spacial score (nSPS) is 15.2. The Morgan fingerprint density at radius 2 is 1.93 bits per heavy atom. The van der Waals surface area contributed by atoms with Gasteiger partial charge in [0.1, 0.15) is 5.65 Å². The van der Waals surface area contributed by atoms with Crippen molar-refractivity contribution in [1.29, 1.82) is 0 Å². The van der Waals surface area contributed by atoms with Crippen LogP contribution in [0, 0.1) is 6.92 Å². The molecule has 1 atom stereocenters. The van der Waals surface area contributed by atoms with Crippen LogP contribution < -0.4 is 25.9 Å². The SMILES string of the molecule is COc1cc2c(cc1OC)[C@@H](NC(=O)CCc1c(C)[nH]c3cc(=O)[nH]n3c1=O)CC2. The molecule has 0 fully saturated rings. The third-order valence-corrected chi connectivity index (χ3v) is 5.62. The van der Waals surface area contributed by atoms with Gasteiger partial charge in [0.2, 0.25) is 5.91 Å². The highest BCUT2D eigenvalue weighted by Gasteiger charge is 2.26. The molecule has 158 valence electrons. The van der Waals surface area contributed by atoms with Crippen molar-refractivity contribution < 1.29 is 14.3 Å². The minimum absolute atomic E-state index is 0.102. The highest BCUT2D eigenvalue weighted by molar-refractivity contribution is 5.77. The Kier molecular flexibility index (Phi) is 5.11. The first-order valence-electron chi connectivity index (χ1n) is 9.79. The Balaban J connectivity index is 1.48. The first-order valence-corrected chi connectivity index (χ1v) is 9.79. The van der Waals surface area contributed by atoms with E-state index in [-0.39, 0.29) is 35.9 Å². The average molecular weight is 412 g/mol. The zero-order valence-corrected chi connectivity index (χ0v) is 17.1. The lowest BCUT2D eigenvalue weighted by Crippen LogP contribution is -2.29. The third kappa shape index (κ3) is 3.47. The highest BCUT2D eigenvalue weighted by Crippen LogP contribution is 2.39. The molecule has 0 aliphatic heterocycles. The predicted molar refractivity (Wildman–Crippen MR) is 110 cm³/mol. The van der Waals surface area contributed by atoms with Gasteiger partial charge in [0.05, 0.1) is 20.3 Å². The number of rotatable bonds is 6. The maximum atomic E-state index is 12.6. The van der Waals surface area contributed by atoms with Crippen molar-refractivity contribution in [3.63, 3.8) is 0 Å². The lowest BCUT2D eigenvalue weighted by atomic mass is 10.1. The van der Waals surface area contributed by atoms with Crippen LogP contribution in [0.2, 0.25) is 0 Å². The van der Waals surface area contributed by atoms with E-state index in [1.807, 2.05) is 12.1 Å². The summed E-state index contributed by atoms with van der Waals surface area (Å²) >= 11 is 0. The Morgan fingerprint density at radius 3 is 2.67 bits per heavy atom. The molecule has 9 heteroatoms. The number of hydrogen-bond acceptors (Lipinski definition) is 5. The number of aryl methyl sites for hydroxylation is 2. The van der Waals surface area contributed by atoms with E-state index in [1.165, 1.54) is 10.6 Å². The summed E-state index contributed by atoms with van der Waals surface area (Å²) in [6.07, 6.45) is 2.08. The van der Waals surface area contributed by atoms with Crippen molar-refractivity contribution in [2.45, 2.75) is 38.6 Å². The van der Waals surface area contributed by atoms with Crippen molar-refractivity contribution in [2.24, 2.45) is 0 Å². The zero-order chi connectivity index (χ0) is 21.4. The molecule has 0 unspecified atom stereocenters. The summed E-state index contributed by atoms with van der Waals surface area (Å²) in [6.45, 7) is 1.76. The second kappa shape index (κ2) is 7.74. The number of ether oxygens (including phenoxy) is 2. The summed E-state index contributed by atoms with van der Waals surface area (Å²) in [4.78, 5) is 39.8. The standard InChI is InChI=1S/C21H24N4O5/c1-11-13(21(28)25-18(22-11)10-20(27)24-25)5-7-19(26)23-15-6-4-12-8-16(29-2)17(30-3)9-14(12)15/h8-10,15,22H,4-7H2,1-3H3,(H,23,26)(H,24,27)/t15-/m0/s1. The lowest BCUT2D eigenvalue weighted by molar-refractivity contribution is -0.121. The van der Waals surface area contributed by atoms with E-state index in [0.29, 0.717) is 28.4 Å². The molecule has 0 radical (unpaired) electrons. The fraction of sp³-hybridized carbons (Fsp3) is 0.381. The van der Waals surface area contributed by atoms with Crippen molar-refractivity contribution in [3.8, 4) is 11.5 Å². The van der Waals surface area contributed by atoms with Crippen LogP contribution in [0.4, 0.5) is 0 Å². The number of aromatic nitrogens is 3. The largest absolute Gasteiger partial charge is 0.493 e. The van der Waals surface area contributed by atoms with Crippen molar-refractivity contribution in [3.05, 3.63) is 61.3 Å². The van der Waals surface area contributed by atoms with Gasteiger partial charge in [-0.3, -0.25) is 19.5 Å². The Morgan fingerprint density at radius 1 is 1.20 bits per heavy atom. The highest BCUT2D eigenvalue weighted by atomic mass is 16.5. The van der Waals surface area contributed by atoms with Gasteiger partial charge in [-0.2, -0.15) is 0 Å². The Hall–Kier alpha value is -3.49. The third-order valence-electron chi connectivity index (χ3n) is 5.62. The van der Waals surface area contributed by atoms with E-state index < -0.39 is 0 Å². The number of nitrogens with zero attached hydrogens (tertiary/aromatic N) is 1. The van der Waals surface area contributed by atoms with E-state index in [4.69, 9.17) is 9.47 Å². The van der Waals surface area contributed by atoms with Gasteiger partial charge in [0.25, 0.3) is 11.1 Å². The van der Waals surface area contributed by atoms with Crippen molar-refractivity contribution in [1.82, 2.24) is 19.9 Å². The summed E-state index contributed by atoms with van der Waals surface area (Å²) in [6, 6.07) is 5.09. The molecule has 3 N–H and O–H groups in total. The van der Waals surface area contributed by atoms with E-state index in [1.54, 1.807) is 21.1 Å². The molecule has 9 nitrogen and oxygen atoms in total. The van der Waals surface area contributed by atoms with Gasteiger partial charge < -0.3 is 19.8 Å². The number of methoxy groups -OCH3 is 2. The van der Waals surface area contributed by atoms with Crippen LogP contribution >= 0.6 is 0 Å². The molecule has 4 rings (SSSR count). The molecule has 1 aliphatic carbocycles. The van der Waals surface area contributed by atoms with Gasteiger partial charge in [-0.25, -0.2) is 4.52 Å². The maximum absolute atomic E-state index is 12.6. The van der Waals surface area contributed by atoms with Crippen LogP contribution in [0.3, 0.4) is 0 Å². The number of nitrogens with one attached hydrogen (secondary N) is 3. The van der Waals surface area contributed by atoms with Crippen LogP contribution in [0.5, 0.6) is 11.5 Å². The minimum atomic E-state index is -0.357. The van der Waals surface area contributed by atoms with Crippen LogP contribution in [0.25, 0.3) is 5.65 Å². The summed E-state index contributed by atoms with van der Waals surface area (Å²) in [7, 11) is 3.18. The lowest BCUT2D eigenvalue weighted by Gasteiger charge is -2.16. The molecule has 2 heterocycles. The summed E-state index contributed by atoms with van der Waals surface area (Å²) < 4.78 is 11.9. The van der Waals surface area contributed by atoms with E-state index in [9.17, 15) is 14.4 Å². The van der Waals surface area contributed by atoms with Crippen LogP contribution in [0.15, 0.2) is 27.8 Å². The number of carbonyl (C=O) groups excluding carboxylic acids is 1. The molecule has 0 spiro atoms. The van der Waals surface area contributed by atoms with Crippen molar-refractivity contribution >= 4 is 11.6 Å². The molecule has 0 saturated carbocycles. The average Bonchev–Trinajstić information content (AvgIpc) is 3.29. The maximum Gasteiger partial charge on any atom is 0.276 e. The molecule has 3 aromatic rings. The molecule has 30 heavy (non-hydrogen) atoms. The monoisotopic (exact) mass is 412 g/mol. The van der Waals surface area contributed by atoms with E-state index >= 15 is 0 Å². The Bertz CT molecular complexity index is 1240. The fourth-order valence-corrected chi connectivity index (χ4v) is 4.09. The first-order chi connectivity index (χ1) is 14.4. The molecule has 1 aliphatic rings.